The van der Waals surface area contributed by atoms with Crippen LogP contribution in [0.1, 0.15) is 31.2 Å². The molecular formula is C20H23IN4O4. The number of ether oxygens (including phenoxy) is 2. The average molecular weight is 510 g/mol. The highest BCUT2D eigenvalue weighted by Crippen LogP contribution is 2.14. The second-order valence-corrected chi connectivity index (χ2v) is 8.04. The van der Waals surface area contributed by atoms with E-state index in [9.17, 15) is 9.59 Å². The summed E-state index contributed by atoms with van der Waals surface area (Å²) in [6.45, 7) is 1.98. The predicted molar refractivity (Wildman–Crippen MR) is 117 cm³/mol. The lowest BCUT2D eigenvalue weighted by molar-refractivity contribution is -0.163. The van der Waals surface area contributed by atoms with Crippen LogP contribution < -0.4 is 11.2 Å². The Bertz CT molecular complexity index is 1080. The third-order valence-electron chi connectivity index (χ3n) is 5.01. The van der Waals surface area contributed by atoms with E-state index in [1.165, 1.54) is 7.35 Å². The number of hydrogen-bond acceptors (Lipinski definition) is 5. The number of rotatable bonds is 7. The fourth-order valence-electron chi connectivity index (χ4n) is 3.52. The van der Waals surface area contributed by atoms with Crippen LogP contribution in [0.4, 0.5) is 0 Å². The average Bonchev–Trinajstić information content (AvgIpc) is 3.17. The van der Waals surface area contributed by atoms with Crippen LogP contribution in [-0.2, 0) is 22.6 Å². The van der Waals surface area contributed by atoms with Gasteiger partial charge in [-0.25, -0.2) is 12.6 Å². The lowest BCUT2D eigenvalue weighted by atomic mass is 10.2. The Hall–Kier alpha value is -1.98. The summed E-state index contributed by atoms with van der Waals surface area (Å²) in [7, 11) is 0. The summed E-state index contributed by atoms with van der Waals surface area (Å²) in [5.74, 6) is 0. The van der Waals surface area contributed by atoms with Gasteiger partial charge >= 0.3 is 5.69 Å². The van der Waals surface area contributed by atoms with Gasteiger partial charge in [0.05, 0.1) is 35.8 Å². The number of benzene rings is 1. The smallest absolute Gasteiger partial charge is 0.341 e. The maximum atomic E-state index is 13.1. The first kappa shape index (κ1) is 20.3. The van der Waals surface area contributed by atoms with Gasteiger partial charge in [-0.2, -0.15) is 0 Å². The van der Waals surface area contributed by atoms with Crippen molar-refractivity contribution < 1.29 is 9.47 Å². The van der Waals surface area contributed by atoms with Gasteiger partial charge in [0.15, 0.2) is 17.5 Å². The van der Waals surface area contributed by atoms with Crippen molar-refractivity contribution in [2.24, 2.45) is 0 Å². The summed E-state index contributed by atoms with van der Waals surface area (Å²) in [6, 6.07) is 9.85. The Balaban J connectivity index is 1.54. The molecule has 3 heterocycles. The normalized spacial score (nSPS) is 17.1. The largest absolute Gasteiger partial charge is 0.353 e. The standard InChI is InChI=1S/C20H23IN4O4/c21-25-18-17(23(14-22-18)13-15-7-2-1-3-8-15)19(26)24(20(25)27)10-6-12-29-16-9-4-5-11-28-16/h1-3,7-8,14,16H,4-6,9-13H2. The molecular weight excluding hydrogens is 487 g/mol. The lowest BCUT2D eigenvalue weighted by Crippen LogP contribution is -2.38. The molecule has 0 amide bonds. The Morgan fingerprint density at radius 3 is 2.79 bits per heavy atom. The zero-order valence-electron chi connectivity index (χ0n) is 16.0. The van der Waals surface area contributed by atoms with Crippen molar-refractivity contribution in [3.8, 4) is 0 Å². The van der Waals surface area contributed by atoms with Crippen molar-refractivity contribution in [3.05, 3.63) is 63.1 Å². The molecule has 3 aromatic rings. The lowest BCUT2D eigenvalue weighted by Gasteiger charge is -2.22. The molecule has 29 heavy (non-hydrogen) atoms. The molecule has 2 aromatic heterocycles. The third kappa shape index (κ3) is 4.46. The zero-order valence-corrected chi connectivity index (χ0v) is 18.2. The third-order valence-corrected chi connectivity index (χ3v) is 5.88. The van der Waals surface area contributed by atoms with E-state index >= 15 is 0 Å². The molecule has 1 aliphatic heterocycles. The van der Waals surface area contributed by atoms with Gasteiger partial charge in [0, 0.05) is 19.7 Å². The minimum absolute atomic E-state index is 0.170. The summed E-state index contributed by atoms with van der Waals surface area (Å²) in [5.41, 5.74) is 1.19. The molecule has 0 saturated carbocycles. The maximum absolute atomic E-state index is 13.1. The molecule has 0 N–H and O–H groups in total. The van der Waals surface area contributed by atoms with Crippen molar-refractivity contribution in [2.75, 3.05) is 13.2 Å². The van der Waals surface area contributed by atoms with Gasteiger partial charge in [0.2, 0.25) is 0 Å². The Morgan fingerprint density at radius 1 is 1.21 bits per heavy atom. The van der Waals surface area contributed by atoms with Gasteiger partial charge in [-0.05, 0) is 31.2 Å². The van der Waals surface area contributed by atoms with Crippen molar-refractivity contribution >= 4 is 34.0 Å². The van der Waals surface area contributed by atoms with E-state index in [1.807, 2.05) is 53.2 Å². The number of fused-ring (bicyclic) bond motifs is 1. The van der Waals surface area contributed by atoms with E-state index in [0.717, 1.165) is 31.4 Å². The molecule has 0 spiro atoms. The first-order valence-electron chi connectivity index (χ1n) is 9.79. The van der Waals surface area contributed by atoms with Gasteiger partial charge < -0.3 is 14.0 Å². The second-order valence-electron chi connectivity index (χ2n) is 7.07. The predicted octanol–water partition coefficient (Wildman–Crippen LogP) is 2.54. The molecule has 1 saturated heterocycles. The molecule has 0 bridgehead atoms. The van der Waals surface area contributed by atoms with Crippen molar-refractivity contribution in [1.82, 2.24) is 16.9 Å². The van der Waals surface area contributed by atoms with Crippen LogP contribution in [0, 0.1) is 0 Å². The molecule has 1 aromatic carbocycles. The number of imidazole rings is 1. The Labute approximate surface area is 181 Å². The van der Waals surface area contributed by atoms with E-state index in [4.69, 9.17) is 9.47 Å². The van der Waals surface area contributed by atoms with E-state index in [1.54, 1.807) is 10.9 Å². The van der Waals surface area contributed by atoms with Crippen LogP contribution in [0.5, 0.6) is 0 Å². The summed E-state index contributed by atoms with van der Waals surface area (Å²) < 4.78 is 15.7. The monoisotopic (exact) mass is 510 g/mol. The number of halogens is 1. The molecule has 1 atom stereocenters. The first-order valence-corrected chi connectivity index (χ1v) is 10.8. The van der Waals surface area contributed by atoms with E-state index in [2.05, 4.69) is 4.98 Å². The summed E-state index contributed by atoms with van der Waals surface area (Å²) in [5, 5.41) is 0. The van der Waals surface area contributed by atoms with Crippen LogP contribution in [0.3, 0.4) is 0 Å². The molecule has 4 rings (SSSR count). The molecule has 1 fully saturated rings. The number of nitrogens with zero attached hydrogens (tertiary/aromatic N) is 4. The second kappa shape index (κ2) is 9.23. The maximum Gasteiger partial charge on any atom is 0.341 e. The minimum Gasteiger partial charge on any atom is -0.353 e. The number of hydrogen-bond donors (Lipinski definition) is 0. The first-order chi connectivity index (χ1) is 14.1. The highest BCUT2D eigenvalue weighted by Gasteiger charge is 2.18. The molecule has 0 radical (unpaired) electrons. The van der Waals surface area contributed by atoms with Crippen molar-refractivity contribution in [1.29, 1.82) is 0 Å². The van der Waals surface area contributed by atoms with Gasteiger partial charge in [0.25, 0.3) is 5.56 Å². The summed E-state index contributed by atoms with van der Waals surface area (Å²) in [6.07, 6.45) is 5.07. The minimum atomic E-state index is -0.373. The van der Waals surface area contributed by atoms with E-state index in [-0.39, 0.29) is 17.5 Å². The van der Waals surface area contributed by atoms with Crippen LogP contribution in [0.15, 0.2) is 46.2 Å². The van der Waals surface area contributed by atoms with Crippen LogP contribution in [0.2, 0.25) is 0 Å². The molecule has 9 heteroatoms. The van der Waals surface area contributed by atoms with Crippen LogP contribution >= 0.6 is 22.9 Å². The molecule has 1 unspecified atom stereocenters. The highest BCUT2D eigenvalue weighted by molar-refractivity contribution is 14.1. The molecule has 154 valence electrons. The molecule has 8 nitrogen and oxygen atoms in total. The van der Waals surface area contributed by atoms with Crippen molar-refractivity contribution in [3.63, 3.8) is 0 Å². The SMILES string of the molecule is O=c1c2c(ncn2Cc2ccccc2)n(I)c(=O)n1CCCOC1CCCCO1. The van der Waals surface area contributed by atoms with Crippen molar-refractivity contribution in [2.45, 2.75) is 45.1 Å². The van der Waals surface area contributed by atoms with E-state index < -0.39 is 0 Å². The van der Waals surface area contributed by atoms with Gasteiger partial charge in [-0.3, -0.25) is 9.36 Å². The Morgan fingerprint density at radius 2 is 2.03 bits per heavy atom. The summed E-state index contributed by atoms with van der Waals surface area (Å²) in [4.78, 5) is 30.1. The Kier molecular flexibility index (Phi) is 6.46. The quantitative estimate of drug-likeness (QED) is 0.361. The fourth-order valence-corrected chi connectivity index (χ4v) is 4.14. The number of aromatic nitrogens is 4. The zero-order chi connectivity index (χ0) is 20.2. The van der Waals surface area contributed by atoms with Crippen LogP contribution in [0.25, 0.3) is 11.2 Å². The van der Waals surface area contributed by atoms with E-state index in [0.29, 0.717) is 37.3 Å². The van der Waals surface area contributed by atoms with Gasteiger partial charge in [-0.15, -0.1) is 0 Å². The highest BCUT2D eigenvalue weighted by atomic mass is 127. The fraction of sp³-hybridized carbons (Fsp3) is 0.450. The molecule has 1 aliphatic rings. The van der Waals surface area contributed by atoms with Gasteiger partial charge in [0.1, 0.15) is 0 Å². The molecule has 0 aliphatic carbocycles. The summed E-state index contributed by atoms with van der Waals surface area (Å²) >= 11 is 1.90. The van der Waals surface area contributed by atoms with Gasteiger partial charge in [-0.1, -0.05) is 30.3 Å². The van der Waals surface area contributed by atoms with Crippen LogP contribution in [-0.4, -0.2) is 36.4 Å². The topological polar surface area (TPSA) is 80.3 Å².